The number of carbonyl (C=O) groups excluding carboxylic acids is 2. The maximum atomic E-state index is 12.5. The molecule has 1 heterocycles. The topological polar surface area (TPSA) is 90.3 Å². The number of carbonyl (C=O) groups is 2. The zero-order chi connectivity index (χ0) is 20.3. The van der Waals surface area contributed by atoms with Gasteiger partial charge in [-0.25, -0.2) is 0 Å². The van der Waals surface area contributed by atoms with Crippen molar-refractivity contribution < 1.29 is 24.5 Å². The molecular weight excluding hydrogens is 407 g/mol. The molecule has 7 nitrogen and oxygen atoms in total. The number of rotatable bonds is 4. The number of amides is 2. The van der Waals surface area contributed by atoms with Crippen molar-refractivity contribution in [3.8, 4) is 17.2 Å². The average molecular weight is 425 g/mol. The standard InChI is InChI=1S/C19H18Cl2N2O5/c20-13-1-2-17(16(21)9-13)28-11-18(26)22-3-5-23(6-4-22)19(27)12-7-14(24)10-15(25)8-12/h1-2,7-10,24-25H,3-6,11H2. The lowest BCUT2D eigenvalue weighted by atomic mass is 10.1. The third-order valence-corrected chi connectivity index (χ3v) is 4.84. The van der Waals surface area contributed by atoms with Gasteiger partial charge in [0.25, 0.3) is 11.8 Å². The molecule has 0 aliphatic carbocycles. The average Bonchev–Trinajstić information content (AvgIpc) is 2.66. The molecule has 9 heteroatoms. The van der Waals surface area contributed by atoms with Crippen LogP contribution in [-0.4, -0.2) is 64.6 Å². The maximum Gasteiger partial charge on any atom is 0.260 e. The van der Waals surface area contributed by atoms with Crippen LogP contribution in [0.1, 0.15) is 10.4 Å². The lowest BCUT2D eigenvalue weighted by Gasteiger charge is -2.34. The molecule has 0 radical (unpaired) electrons. The molecule has 1 fully saturated rings. The van der Waals surface area contributed by atoms with Gasteiger partial charge in [-0.3, -0.25) is 9.59 Å². The first-order chi connectivity index (χ1) is 13.3. The van der Waals surface area contributed by atoms with Crippen LogP contribution < -0.4 is 4.74 Å². The van der Waals surface area contributed by atoms with Crippen LogP contribution in [0.3, 0.4) is 0 Å². The van der Waals surface area contributed by atoms with E-state index >= 15 is 0 Å². The number of halogens is 2. The minimum absolute atomic E-state index is 0.171. The van der Waals surface area contributed by atoms with Crippen LogP contribution in [0.5, 0.6) is 17.2 Å². The summed E-state index contributed by atoms with van der Waals surface area (Å²) in [5.41, 5.74) is 0.193. The minimum Gasteiger partial charge on any atom is -0.508 e. The Balaban J connectivity index is 1.53. The fourth-order valence-electron chi connectivity index (χ4n) is 2.88. The number of ether oxygens (including phenoxy) is 1. The Morgan fingerprint density at radius 2 is 1.54 bits per heavy atom. The zero-order valence-electron chi connectivity index (χ0n) is 14.8. The van der Waals surface area contributed by atoms with E-state index in [4.69, 9.17) is 27.9 Å². The predicted octanol–water partition coefficient (Wildman–Crippen LogP) is 2.77. The molecule has 148 valence electrons. The van der Waals surface area contributed by atoms with Crippen molar-refractivity contribution in [1.82, 2.24) is 9.80 Å². The van der Waals surface area contributed by atoms with Crippen LogP contribution in [0.25, 0.3) is 0 Å². The second-order valence-corrected chi connectivity index (χ2v) is 7.12. The van der Waals surface area contributed by atoms with Gasteiger partial charge >= 0.3 is 0 Å². The highest BCUT2D eigenvalue weighted by Gasteiger charge is 2.25. The van der Waals surface area contributed by atoms with Crippen LogP contribution in [0.2, 0.25) is 10.0 Å². The fourth-order valence-corrected chi connectivity index (χ4v) is 3.35. The van der Waals surface area contributed by atoms with E-state index in [1.807, 2.05) is 0 Å². The minimum atomic E-state index is -0.317. The largest absolute Gasteiger partial charge is 0.508 e. The van der Waals surface area contributed by atoms with Crippen LogP contribution in [0.15, 0.2) is 36.4 Å². The molecular formula is C19H18Cl2N2O5. The Bertz CT molecular complexity index is 878. The van der Waals surface area contributed by atoms with Crippen LogP contribution in [-0.2, 0) is 4.79 Å². The van der Waals surface area contributed by atoms with Gasteiger partial charge in [-0.15, -0.1) is 0 Å². The molecule has 2 N–H and O–H groups in total. The van der Waals surface area contributed by atoms with E-state index in [0.29, 0.717) is 42.0 Å². The van der Waals surface area contributed by atoms with Gasteiger partial charge in [0.2, 0.25) is 0 Å². The molecule has 28 heavy (non-hydrogen) atoms. The molecule has 1 aliphatic heterocycles. The Kier molecular flexibility index (Phi) is 6.16. The molecule has 1 saturated heterocycles. The summed E-state index contributed by atoms with van der Waals surface area (Å²) < 4.78 is 5.46. The summed E-state index contributed by atoms with van der Waals surface area (Å²) in [6.45, 7) is 1.21. The summed E-state index contributed by atoms with van der Waals surface area (Å²) in [5, 5.41) is 19.9. The molecule has 0 saturated carbocycles. The van der Waals surface area contributed by atoms with E-state index in [9.17, 15) is 19.8 Å². The van der Waals surface area contributed by atoms with Gasteiger partial charge in [0.05, 0.1) is 5.02 Å². The van der Waals surface area contributed by atoms with Crippen LogP contribution >= 0.6 is 23.2 Å². The van der Waals surface area contributed by atoms with Crippen molar-refractivity contribution in [1.29, 1.82) is 0 Å². The van der Waals surface area contributed by atoms with Crippen LogP contribution in [0.4, 0.5) is 0 Å². The second kappa shape index (κ2) is 8.58. The van der Waals surface area contributed by atoms with E-state index in [1.54, 1.807) is 21.9 Å². The van der Waals surface area contributed by atoms with Crippen molar-refractivity contribution in [2.24, 2.45) is 0 Å². The first-order valence-corrected chi connectivity index (χ1v) is 9.27. The summed E-state index contributed by atoms with van der Waals surface area (Å²) >= 11 is 11.8. The molecule has 2 amide bonds. The Morgan fingerprint density at radius 3 is 2.14 bits per heavy atom. The van der Waals surface area contributed by atoms with Gasteiger partial charge in [-0.1, -0.05) is 23.2 Å². The SMILES string of the molecule is O=C(COc1ccc(Cl)cc1Cl)N1CCN(C(=O)c2cc(O)cc(O)c2)CC1. The van der Waals surface area contributed by atoms with Crippen LogP contribution in [0, 0.1) is 0 Å². The lowest BCUT2D eigenvalue weighted by Crippen LogP contribution is -2.51. The molecule has 0 unspecified atom stereocenters. The molecule has 0 spiro atoms. The first kappa shape index (κ1) is 20.1. The quantitative estimate of drug-likeness (QED) is 0.787. The Morgan fingerprint density at radius 1 is 0.929 bits per heavy atom. The number of phenolic OH excluding ortho intramolecular Hbond substituents is 2. The fraction of sp³-hybridized carbons (Fsp3) is 0.263. The van der Waals surface area contributed by atoms with Crippen molar-refractivity contribution in [2.75, 3.05) is 32.8 Å². The Hall–Kier alpha value is -2.64. The summed E-state index contributed by atoms with van der Waals surface area (Å²) in [5.74, 6) is -0.530. The number of hydrogen-bond donors (Lipinski definition) is 2. The predicted molar refractivity (Wildman–Crippen MR) is 104 cm³/mol. The number of hydrogen-bond acceptors (Lipinski definition) is 5. The van der Waals surface area contributed by atoms with E-state index in [1.165, 1.54) is 18.2 Å². The maximum absolute atomic E-state index is 12.5. The highest BCUT2D eigenvalue weighted by Crippen LogP contribution is 2.27. The van der Waals surface area contributed by atoms with Crippen molar-refractivity contribution in [3.05, 3.63) is 52.0 Å². The van der Waals surface area contributed by atoms with E-state index in [-0.39, 0.29) is 35.5 Å². The highest BCUT2D eigenvalue weighted by molar-refractivity contribution is 6.35. The second-order valence-electron chi connectivity index (χ2n) is 6.27. The number of benzene rings is 2. The van der Waals surface area contributed by atoms with Crippen molar-refractivity contribution in [2.45, 2.75) is 0 Å². The zero-order valence-corrected chi connectivity index (χ0v) is 16.3. The molecule has 2 aromatic carbocycles. The molecule has 1 aliphatic rings. The van der Waals surface area contributed by atoms with Gasteiger partial charge < -0.3 is 24.7 Å². The molecule has 0 bridgehead atoms. The highest BCUT2D eigenvalue weighted by atomic mass is 35.5. The normalized spacial score (nSPS) is 14.1. The number of aromatic hydroxyl groups is 2. The third kappa shape index (κ3) is 4.79. The van der Waals surface area contributed by atoms with Gasteiger partial charge in [0, 0.05) is 42.8 Å². The third-order valence-electron chi connectivity index (χ3n) is 4.31. The molecule has 2 aromatic rings. The lowest BCUT2D eigenvalue weighted by molar-refractivity contribution is -0.134. The van der Waals surface area contributed by atoms with Gasteiger partial charge in [0.15, 0.2) is 6.61 Å². The van der Waals surface area contributed by atoms with E-state index in [2.05, 4.69) is 0 Å². The van der Waals surface area contributed by atoms with Gasteiger partial charge in [-0.2, -0.15) is 0 Å². The summed E-state index contributed by atoms with van der Waals surface area (Å²) in [4.78, 5) is 28.0. The first-order valence-electron chi connectivity index (χ1n) is 8.51. The monoisotopic (exact) mass is 424 g/mol. The van der Waals surface area contributed by atoms with Gasteiger partial charge in [-0.05, 0) is 30.3 Å². The van der Waals surface area contributed by atoms with Crippen molar-refractivity contribution >= 4 is 35.0 Å². The molecule has 0 aromatic heterocycles. The summed E-state index contributed by atoms with van der Waals surface area (Å²) in [6, 6.07) is 8.50. The molecule has 0 atom stereocenters. The van der Waals surface area contributed by atoms with E-state index < -0.39 is 0 Å². The van der Waals surface area contributed by atoms with Crippen molar-refractivity contribution in [3.63, 3.8) is 0 Å². The number of phenols is 2. The van der Waals surface area contributed by atoms with Gasteiger partial charge in [0.1, 0.15) is 17.2 Å². The Labute approximate surface area is 171 Å². The smallest absolute Gasteiger partial charge is 0.260 e. The summed E-state index contributed by atoms with van der Waals surface area (Å²) in [7, 11) is 0. The summed E-state index contributed by atoms with van der Waals surface area (Å²) in [6.07, 6.45) is 0. The number of nitrogens with zero attached hydrogens (tertiary/aromatic N) is 2. The number of piperazine rings is 1. The molecule has 3 rings (SSSR count). The van der Waals surface area contributed by atoms with E-state index in [0.717, 1.165) is 6.07 Å².